The van der Waals surface area contributed by atoms with Crippen molar-refractivity contribution in [3.8, 4) is 0 Å². The van der Waals surface area contributed by atoms with Crippen LogP contribution in [0.1, 0.15) is 0 Å². The first-order chi connectivity index (χ1) is 1.91. The summed E-state index contributed by atoms with van der Waals surface area (Å²) in [7, 11) is 0. The molecule has 0 aliphatic carbocycles. The smallest absolute Gasteiger partial charge is 0.210 e. The predicted molar refractivity (Wildman–Crippen MR) is 17.0 cm³/mol. The van der Waals surface area contributed by atoms with Crippen molar-refractivity contribution in [3.63, 3.8) is 0 Å². The van der Waals surface area contributed by atoms with E-state index in [4.69, 9.17) is 4.79 Å². The molecule has 0 heterocycles. The van der Waals surface area contributed by atoms with E-state index in [1.165, 1.54) is 6.08 Å². The van der Waals surface area contributed by atoms with Gasteiger partial charge in [0, 0.05) is 0 Å². The summed E-state index contributed by atoms with van der Waals surface area (Å²) in [5.74, 6) is 0. The van der Waals surface area contributed by atoms with Crippen molar-refractivity contribution in [2.45, 2.75) is 0 Å². The largest absolute Gasteiger partial charge is 0.247 e. The fourth-order valence-corrected chi connectivity index (χ4v) is 0. The Labute approximate surface area is 31.9 Å². The molecule has 0 bridgehead atoms. The lowest BCUT2D eigenvalue weighted by Gasteiger charge is -1.30. The zero-order valence-corrected chi connectivity index (χ0v) is 3.32. The van der Waals surface area contributed by atoms with E-state index < -0.39 is 0 Å². The van der Waals surface area contributed by atoms with Gasteiger partial charge in [0.1, 0.15) is 0 Å². The van der Waals surface area contributed by atoms with Gasteiger partial charge in [-0.05, 0) is 0 Å². The molecule has 0 radical (unpaired) electrons. The van der Waals surface area contributed by atoms with Gasteiger partial charge in [-0.1, -0.05) is 0 Å². The van der Waals surface area contributed by atoms with Crippen molar-refractivity contribution in [2.24, 2.45) is 4.02 Å². The highest BCUT2D eigenvalue weighted by Crippen LogP contribution is 1.68. The van der Waals surface area contributed by atoms with Crippen LogP contribution < -0.4 is 0 Å². The summed E-state index contributed by atoms with van der Waals surface area (Å²) >= 11 is 2.45. The number of halogens is 1. The fourth-order valence-electron chi connectivity index (χ4n) is 0. The Morgan fingerprint density at radius 1 is 2.00 bits per heavy atom. The standard InChI is InChI=1S/CBrNO/c2-3-1-4. The number of hydrogen-bond acceptors (Lipinski definition) is 2. The molecule has 0 aliphatic rings. The van der Waals surface area contributed by atoms with Crippen molar-refractivity contribution >= 4 is 22.2 Å². The van der Waals surface area contributed by atoms with Gasteiger partial charge in [0.15, 0.2) is 0 Å². The maximum atomic E-state index is 8.84. The van der Waals surface area contributed by atoms with Crippen LogP contribution in [0.2, 0.25) is 0 Å². The van der Waals surface area contributed by atoms with Gasteiger partial charge in [-0.3, -0.25) is 0 Å². The van der Waals surface area contributed by atoms with Crippen LogP contribution in [-0.2, 0) is 4.79 Å². The molecule has 0 saturated carbocycles. The summed E-state index contributed by atoms with van der Waals surface area (Å²) in [5.41, 5.74) is 0. The first-order valence-electron chi connectivity index (χ1n) is 0.597. The van der Waals surface area contributed by atoms with Gasteiger partial charge in [0.2, 0.25) is 6.08 Å². The number of carbonyl (C=O) groups excluding carboxylic acids is 1. The number of hydrogen-bond donors (Lipinski definition) is 0. The van der Waals surface area contributed by atoms with Gasteiger partial charge >= 0.3 is 0 Å². The molecule has 2 nitrogen and oxygen atoms in total. The Morgan fingerprint density at radius 2 is 2.25 bits per heavy atom. The van der Waals surface area contributed by atoms with Gasteiger partial charge in [0.25, 0.3) is 0 Å². The van der Waals surface area contributed by atoms with Crippen LogP contribution >= 0.6 is 16.1 Å². The normalized spacial score (nSPS) is 4.25. The minimum Gasteiger partial charge on any atom is -0.210 e. The van der Waals surface area contributed by atoms with Crippen LogP contribution in [0.4, 0.5) is 0 Å². The van der Waals surface area contributed by atoms with E-state index in [9.17, 15) is 0 Å². The summed E-state index contributed by atoms with van der Waals surface area (Å²) in [4.78, 5) is 8.84. The molecule has 0 rings (SSSR count). The Bertz CT molecular complexity index is 46.0. The third-order valence-corrected chi connectivity index (χ3v) is 0.179. The monoisotopic (exact) mass is 121 g/mol. The molecular weight excluding hydrogens is 122 g/mol. The van der Waals surface area contributed by atoms with Crippen LogP contribution in [0.5, 0.6) is 0 Å². The van der Waals surface area contributed by atoms with Crippen LogP contribution in [0.15, 0.2) is 4.02 Å². The Hall–Kier alpha value is -0.140. The van der Waals surface area contributed by atoms with Gasteiger partial charge in [-0.2, -0.15) is 0 Å². The Kier molecular flexibility index (Phi) is 2.76. The second-order valence-corrected chi connectivity index (χ2v) is 0.530. The average Bonchev–Trinajstić information content (AvgIpc) is 1.37. The van der Waals surface area contributed by atoms with Crippen molar-refractivity contribution in [1.82, 2.24) is 0 Å². The predicted octanol–water partition coefficient (Wildman–Crippen LogP) is 0.632. The fraction of sp³-hybridized carbons (Fsp3) is 0. The van der Waals surface area contributed by atoms with Gasteiger partial charge in [-0.15, -0.1) is 4.02 Å². The molecule has 0 aromatic carbocycles. The molecule has 0 aliphatic heterocycles. The molecule has 0 saturated heterocycles. The summed E-state index contributed by atoms with van der Waals surface area (Å²) in [6, 6.07) is 0. The third kappa shape index (κ3) is 1.86. The SMILES string of the molecule is O=C=NBr. The second kappa shape index (κ2) is 2.86. The molecule has 22 valence electrons. The summed E-state index contributed by atoms with van der Waals surface area (Å²) < 4.78 is 2.74. The van der Waals surface area contributed by atoms with Crippen molar-refractivity contribution in [1.29, 1.82) is 0 Å². The lowest BCUT2D eigenvalue weighted by atomic mass is 11.7. The van der Waals surface area contributed by atoms with E-state index in [2.05, 4.69) is 20.2 Å². The summed E-state index contributed by atoms with van der Waals surface area (Å²) in [6.45, 7) is 0. The van der Waals surface area contributed by atoms with Crippen molar-refractivity contribution in [3.05, 3.63) is 0 Å². The number of nitrogens with zero attached hydrogens (tertiary/aromatic N) is 1. The first kappa shape index (κ1) is 3.86. The third-order valence-electron chi connectivity index (χ3n) is 0.0345. The van der Waals surface area contributed by atoms with E-state index in [0.29, 0.717) is 0 Å². The minimum absolute atomic E-state index is 1.22. The molecule has 3 heteroatoms. The van der Waals surface area contributed by atoms with E-state index in [0.717, 1.165) is 0 Å². The summed E-state index contributed by atoms with van der Waals surface area (Å²) in [5, 5.41) is 0. The quantitative estimate of drug-likeness (QED) is 0.342. The molecule has 0 fully saturated rings. The highest BCUT2D eigenvalue weighted by molar-refractivity contribution is 9.08. The zero-order chi connectivity index (χ0) is 3.41. The molecule has 0 amide bonds. The van der Waals surface area contributed by atoms with Gasteiger partial charge in [0.05, 0.1) is 16.1 Å². The van der Waals surface area contributed by atoms with Crippen LogP contribution in [0, 0.1) is 0 Å². The topological polar surface area (TPSA) is 29.4 Å². The maximum Gasteiger partial charge on any atom is 0.247 e. The summed E-state index contributed by atoms with van der Waals surface area (Å²) in [6.07, 6.45) is 1.22. The molecule has 0 unspecified atom stereocenters. The Balaban J connectivity index is 3.11. The second-order valence-electron chi connectivity index (χ2n) is 0.176. The van der Waals surface area contributed by atoms with E-state index >= 15 is 0 Å². The molecule has 0 aromatic heterocycles. The average molecular weight is 122 g/mol. The zero-order valence-electron chi connectivity index (χ0n) is 1.73. The van der Waals surface area contributed by atoms with E-state index in [1.54, 1.807) is 0 Å². The van der Waals surface area contributed by atoms with Crippen LogP contribution in [-0.4, -0.2) is 6.08 Å². The van der Waals surface area contributed by atoms with E-state index in [1.807, 2.05) is 0 Å². The number of rotatable bonds is 0. The lowest BCUT2D eigenvalue weighted by Crippen LogP contribution is -1.25. The van der Waals surface area contributed by atoms with Crippen molar-refractivity contribution < 1.29 is 4.79 Å². The first-order valence-corrected chi connectivity index (χ1v) is 1.31. The lowest BCUT2D eigenvalue weighted by molar-refractivity contribution is 0.566. The number of isocyanates is 1. The molecule has 0 aromatic rings. The highest BCUT2D eigenvalue weighted by Gasteiger charge is 1.33. The van der Waals surface area contributed by atoms with Crippen LogP contribution in [0.3, 0.4) is 0 Å². The van der Waals surface area contributed by atoms with E-state index in [-0.39, 0.29) is 0 Å². The van der Waals surface area contributed by atoms with Crippen LogP contribution in [0.25, 0.3) is 0 Å². The minimum atomic E-state index is 1.22. The molecule has 0 atom stereocenters. The molecule has 0 N–H and O–H groups in total. The molecular formula is CBrNO. The van der Waals surface area contributed by atoms with Gasteiger partial charge in [-0.25, -0.2) is 4.79 Å². The highest BCUT2D eigenvalue weighted by atomic mass is 79.9. The van der Waals surface area contributed by atoms with Crippen molar-refractivity contribution in [2.75, 3.05) is 0 Å². The maximum absolute atomic E-state index is 8.84. The van der Waals surface area contributed by atoms with Gasteiger partial charge < -0.3 is 0 Å². The molecule has 4 heavy (non-hydrogen) atoms. The molecule has 0 spiro atoms. The Morgan fingerprint density at radius 3 is 2.25 bits per heavy atom.